The van der Waals surface area contributed by atoms with Gasteiger partial charge in [-0.25, -0.2) is 4.39 Å². The summed E-state index contributed by atoms with van der Waals surface area (Å²) < 4.78 is 12.9. The molecule has 0 saturated heterocycles. The Balaban J connectivity index is 1.79. The van der Waals surface area contributed by atoms with Crippen LogP contribution in [0.5, 0.6) is 0 Å². The predicted molar refractivity (Wildman–Crippen MR) is 75.0 cm³/mol. The van der Waals surface area contributed by atoms with Gasteiger partial charge in [-0.1, -0.05) is 26.0 Å². The molecule has 3 heteroatoms. The Labute approximate surface area is 113 Å². The molecule has 3 rings (SSSR count). The van der Waals surface area contributed by atoms with Gasteiger partial charge in [-0.05, 0) is 35.8 Å². The van der Waals surface area contributed by atoms with Crippen LogP contribution in [0.15, 0.2) is 47.3 Å². The highest BCUT2D eigenvalue weighted by atomic mass is 19.1. The maximum Gasteiger partial charge on any atom is 0.123 e. The van der Waals surface area contributed by atoms with Gasteiger partial charge in [0.1, 0.15) is 5.82 Å². The lowest BCUT2D eigenvalue weighted by Crippen LogP contribution is -2.30. The minimum atomic E-state index is -0.177. The zero-order chi connectivity index (χ0) is 13.5. The molecule has 19 heavy (non-hydrogen) atoms. The molecule has 0 amide bonds. The van der Waals surface area contributed by atoms with Crippen LogP contribution in [0.3, 0.4) is 0 Å². The molecule has 2 nitrogen and oxygen atoms in total. The van der Waals surface area contributed by atoms with Crippen molar-refractivity contribution < 1.29 is 4.39 Å². The third kappa shape index (κ3) is 2.37. The van der Waals surface area contributed by atoms with Gasteiger partial charge in [0.2, 0.25) is 0 Å². The number of allylic oxidation sites excluding steroid dienone is 1. The van der Waals surface area contributed by atoms with E-state index in [9.17, 15) is 4.39 Å². The first-order valence-electron chi connectivity index (χ1n) is 6.71. The molecule has 0 aliphatic carbocycles. The number of nitrogens with one attached hydrogen (secondary N) is 2. The minimum Gasteiger partial charge on any atom is -0.383 e. The SMILES string of the molecule is CC1(C)CNC2=C1NCC(Cc1ccc(F)cc1)=C2. The largest absolute Gasteiger partial charge is 0.383 e. The average molecular weight is 258 g/mol. The van der Waals surface area contributed by atoms with E-state index >= 15 is 0 Å². The molecule has 0 bridgehead atoms. The molecule has 0 unspecified atom stereocenters. The van der Waals surface area contributed by atoms with E-state index in [0.717, 1.165) is 25.1 Å². The van der Waals surface area contributed by atoms with Gasteiger partial charge < -0.3 is 10.6 Å². The average Bonchev–Trinajstić information content (AvgIpc) is 2.68. The Morgan fingerprint density at radius 1 is 1.16 bits per heavy atom. The van der Waals surface area contributed by atoms with Crippen molar-refractivity contribution in [1.82, 2.24) is 10.6 Å². The molecular formula is C16H19FN2. The Morgan fingerprint density at radius 2 is 1.89 bits per heavy atom. The van der Waals surface area contributed by atoms with Crippen LogP contribution in [0, 0.1) is 11.2 Å². The number of hydrogen-bond acceptors (Lipinski definition) is 2. The molecule has 0 atom stereocenters. The molecule has 2 N–H and O–H groups in total. The van der Waals surface area contributed by atoms with Crippen LogP contribution in [0.2, 0.25) is 0 Å². The zero-order valence-corrected chi connectivity index (χ0v) is 11.4. The van der Waals surface area contributed by atoms with Gasteiger partial charge in [0.25, 0.3) is 0 Å². The zero-order valence-electron chi connectivity index (χ0n) is 11.4. The van der Waals surface area contributed by atoms with E-state index in [1.807, 2.05) is 12.1 Å². The van der Waals surface area contributed by atoms with Gasteiger partial charge in [-0.15, -0.1) is 0 Å². The van der Waals surface area contributed by atoms with Crippen LogP contribution < -0.4 is 10.6 Å². The number of dihydropyridines is 1. The second-order valence-electron chi connectivity index (χ2n) is 5.99. The van der Waals surface area contributed by atoms with E-state index in [1.54, 1.807) is 0 Å². The van der Waals surface area contributed by atoms with E-state index < -0.39 is 0 Å². The van der Waals surface area contributed by atoms with E-state index in [0.29, 0.717) is 0 Å². The van der Waals surface area contributed by atoms with Crippen LogP contribution in [0.1, 0.15) is 19.4 Å². The summed E-state index contributed by atoms with van der Waals surface area (Å²) >= 11 is 0. The molecule has 0 radical (unpaired) electrons. The molecule has 1 aromatic rings. The van der Waals surface area contributed by atoms with Crippen LogP contribution in [0.4, 0.5) is 4.39 Å². The summed E-state index contributed by atoms with van der Waals surface area (Å²) in [5.74, 6) is -0.177. The summed E-state index contributed by atoms with van der Waals surface area (Å²) in [7, 11) is 0. The van der Waals surface area contributed by atoms with E-state index in [1.165, 1.54) is 29.1 Å². The molecule has 1 aromatic carbocycles. The van der Waals surface area contributed by atoms with Crippen molar-refractivity contribution in [1.29, 1.82) is 0 Å². The summed E-state index contributed by atoms with van der Waals surface area (Å²) in [6, 6.07) is 6.75. The Kier molecular flexibility index (Phi) is 2.85. The molecule has 2 heterocycles. The van der Waals surface area contributed by atoms with Gasteiger partial charge in [-0.3, -0.25) is 0 Å². The van der Waals surface area contributed by atoms with Crippen molar-refractivity contribution >= 4 is 0 Å². The van der Waals surface area contributed by atoms with Crippen molar-refractivity contribution in [3.05, 3.63) is 58.7 Å². The maximum atomic E-state index is 12.9. The first kappa shape index (κ1) is 12.3. The number of benzene rings is 1. The summed E-state index contributed by atoms with van der Waals surface area (Å²) in [6.45, 7) is 6.34. The topological polar surface area (TPSA) is 24.1 Å². The minimum absolute atomic E-state index is 0.177. The Hall–Kier alpha value is -1.77. The molecule has 2 aliphatic heterocycles. The summed E-state index contributed by atoms with van der Waals surface area (Å²) in [6.07, 6.45) is 3.11. The Morgan fingerprint density at radius 3 is 2.63 bits per heavy atom. The molecular weight excluding hydrogens is 239 g/mol. The van der Waals surface area contributed by atoms with E-state index in [4.69, 9.17) is 0 Å². The lowest BCUT2D eigenvalue weighted by Gasteiger charge is -2.25. The summed E-state index contributed by atoms with van der Waals surface area (Å²) in [4.78, 5) is 0. The molecule has 0 fully saturated rings. The standard InChI is InChI=1S/C16H19FN2/c1-16(2)10-19-14-8-12(9-18-15(14)16)7-11-3-5-13(17)6-4-11/h3-6,8,18-19H,7,9-10H2,1-2H3. The third-order valence-corrected chi connectivity index (χ3v) is 3.85. The van der Waals surface area contributed by atoms with Crippen molar-refractivity contribution in [3.63, 3.8) is 0 Å². The van der Waals surface area contributed by atoms with E-state index in [-0.39, 0.29) is 11.2 Å². The Bertz CT molecular complexity index is 553. The molecule has 0 aromatic heterocycles. The predicted octanol–water partition coefficient (Wildman–Crippen LogP) is 2.74. The van der Waals surface area contributed by atoms with E-state index in [2.05, 4.69) is 30.6 Å². The molecule has 0 spiro atoms. The summed E-state index contributed by atoms with van der Waals surface area (Å²) in [5.41, 5.74) is 5.20. The normalized spacial score (nSPS) is 20.5. The smallest absolute Gasteiger partial charge is 0.123 e. The fourth-order valence-electron chi connectivity index (χ4n) is 2.75. The first-order valence-corrected chi connectivity index (χ1v) is 6.71. The highest BCUT2D eigenvalue weighted by Gasteiger charge is 2.33. The molecule has 100 valence electrons. The van der Waals surface area contributed by atoms with Crippen LogP contribution in [0.25, 0.3) is 0 Å². The molecule has 2 aliphatic rings. The fourth-order valence-corrected chi connectivity index (χ4v) is 2.75. The lowest BCUT2D eigenvalue weighted by atomic mass is 9.89. The number of hydrogen-bond donors (Lipinski definition) is 2. The van der Waals surface area contributed by atoms with Gasteiger partial charge in [0.15, 0.2) is 0 Å². The fraction of sp³-hybridized carbons (Fsp3) is 0.375. The van der Waals surface area contributed by atoms with Crippen LogP contribution in [-0.2, 0) is 6.42 Å². The van der Waals surface area contributed by atoms with Gasteiger partial charge in [0.05, 0.1) is 5.70 Å². The summed E-state index contributed by atoms with van der Waals surface area (Å²) in [5, 5.41) is 6.98. The van der Waals surface area contributed by atoms with Gasteiger partial charge >= 0.3 is 0 Å². The number of rotatable bonds is 2. The third-order valence-electron chi connectivity index (χ3n) is 3.85. The van der Waals surface area contributed by atoms with Crippen molar-refractivity contribution in [2.24, 2.45) is 5.41 Å². The van der Waals surface area contributed by atoms with Crippen LogP contribution in [-0.4, -0.2) is 13.1 Å². The molecule has 0 saturated carbocycles. The first-order chi connectivity index (χ1) is 9.04. The maximum absolute atomic E-state index is 12.9. The highest BCUT2D eigenvalue weighted by Crippen LogP contribution is 2.33. The van der Waals surface area contributed by atoms with Gasteiger partial charge in [0, 0.05) is 24.2 Å². The second-order valence-corrected chi connectivity index (χ2v) is 5.99. The monoisotopic (exact) mass is 258 g/mol. The van der Waals surface area contributed by atoms with Gasteiger partial charge in [-0.2, -0.15) is 0 Å². The van der Waals surface area contributed by atoms with Crippen molar-refractivity contribution in [3.8, 4) is 0 Å². The second kappa shape index (κ2) is 4.41. The van der Waals surface area contributed by atoms with Crippen molar-refractivity contribution in [2.45, 2.75) is 20.3 Å². The highest BCUT2D eigenvalue weighted by molar-refractivity contribution is 5.40. The van der Waals surface area contributed by atoms with Crippen LogP contribution >= 0.6 is 0 Å². The van der Waals surface area contributed by atoms with Crippen molar-refractivity contribution in [2.75, 3.05) is 13.1 Å². The lowest BCUT2D eigenvalue weighted by molar-refractivity contribution is 0.442. The number of halogens is 1. The quantitative estimate of drug-likeness (QED) is 0.852.